The summed E-state index contributed by atoms with van der Waals surface area (Å²) in [5.74, 6) is 0. The molecule has 4 heteroatoms. The number of hydrogen-bond acceptors (Lipinski definition) is 3. The highest BCUT2D eigenvalue weighted by atomic mass is 16.7. The van der Waals surface area contributed by atoms with Gasteiger partial charge in [-0.15, -0.1) is 0 Å². The molecule has 230 valence electrons. The molecule has 0 radical (unpaired) electrons. The molecule has 3 nitrogen and oxygen atoms in total. The topological polar surface area (TPSA) is 21.7 Å². The number of hydrogen-bond donors (Lipinski definition) is 0. The molecule has 1 saturated heterocycles. The Bertz CT molecular complexity index is 1850. The third kappa shape index (κ3) is 5.03. The molecule has 7 aromatic rings. The van der Waals surface area contributed by atoms with Crippen LogP contribution in [0.2, 0.25) is 0 Å². The van der Waals surface area contributed by atoms with Gasteiger partial charge in [-0.3, -0.25) is 0 Å². The van der Waals surface area contributed by atoms with Crippen LogP contribution in [0.3, 0.4) is 0 Å². The Kier molecular flexibility index (Phi) is 7.95. The summed E-state index contributed by atoms with van der Waals surface area (Å²) in [7, 11) is -0.679. The predicted octanol–water partition coefficient (Wildman–Crippen LogP) is 9.79. The highest BCUT2D eigenvalue weighted by Gasteiger charge is 2.65. The van der Waals surface area contributed by atoms with E-state index in [4.69, 9.17) is 9.31 Å². The number of anilines is 3. The minimum atomic E-state index is -1.03. The van der Waals surface area contributed by atoms with E-state index in [1.165, 1.54) is 0 Å². The zero-order valence-corrected chi connectivity index (χ0v) is 26.5. The summed E-state index contributed by atoms with van der Waals surface area (Å²) < 4.78 is 14.9. The van der Waals surface area contributed by atoms with Crippen LogP contribution >= 0.6 is 0 Å². The average molecular weight is 620 g/mol. The van der Waals surface area contributed by atoms with Gasteiger partial charge in [0, 0.05) is 17.1 Å². The van der Waals surface area contributed by atoms with Crippen molar-refractivity contribution in [3.63, 3.8) is 0 Å². The minimum Gasteiger partial charge on any atom is -0.390 e. The largest absolute Gasteiger partial charge is 0.495 e. The summed E-state index contributed by atoms with van der Waals surface area (Å²) in [4.78, 5) is 2.26. The van der Waals surface area contributed by atoms with E-state index in [1.807, 2.05) is 36.4 Å². The Morgan fingerprint density at radius 3 is 0.896 bits per heavy atom. The minimum absolute atomic E-state index is 0.679. The van der Waals surface area contributed by atoms with Gasteiger partial charge in [0.25, 0.3) is 0 Å². The van der Waals surface area contributed by atoms with Crippen LogP contribution in [0.4, 0.5) is 17.1 Å². The summed E-state index contributed by atoms with van der Waals surface area (Å²) >= 11 is 0. The number of nitrogens with zero attached hydrogens (tertiary/aromatic N) is 1. The molecule has 48 heavy (non-hydrogen) atoms. The maximum absolute atomic E-state index is 7.47. The zero-order valence-electron chi connectivity index (χ0n) is 26.5. The molecule has 0 saturated carbocycles. The van der Waals surface area contributed by atoms with Crippen molar-refractivity contribution < 1.29 is 9.31 Å². The first-order valence-corrected chi connectivity index (χ1v) is 16.4. The number of para-hydroxylation sites is 2. The summed E-state index contributed by atoms with van der Waals surface area (Å²) in [5, 5.41) is 0. The lowest BCUT2D eigenvalue weighted by atomic mass is 9.66. The fraction of sp³-hybridized carbons (Fsp3) is 0.0455. The smallest absolute Gasteiger partial charge is 0.390 e. The Hall–Kier alpha value is -5.68. The summed E-state index contributed by atoms with van der Waals surface area (Å²) in [6.07, 6.45) is 0. The van der Waals surface area contributed by atoms with E-state index >= 15 is 0 Å². The molecule has 7 aromatic carbocycles. The van der Waals surface area contributed by atoms with Crippen molar-refractivity contribution in [2.75, 3.05) is 4.90 Å². The molecule has 1 fully saturated rings. The predicted molar refractivity (Wildman–Crippen MR) is 196 cm³/mol. The Labute approximate surface area is 282 Å². The Morgan fingerprint density at radius 2 is 0.583 bits per heavy atom. The second-order valence-corrected chi connectivity index (χ2v) is 12.0. The summed E-state index contributed by atoms with van der Waals surface area (Å²) in [6, 6.07) is 71.5. The van der Waals surface area contributed by atoms with Gasteiger partial charge in [-0.05, 0) is 64.1 Å². The maximum Gasteiger partial charge on any atom is 0.495 e. The maximum atomic E-state index is 7.47. The second-order valence-electron chi connectivity index (χ2n) is 12.0. The summed E-state index contributed by atoms with van der Waals surface area (Å²) in [6.45, 7) is 0. The third-order valence-electron chi connectivity index (χ3n) is 9.24. The monoisotopic (exact) mass is 619 g/mol. The van der Waals surface area contributed by atoms with E-state index in [-0.39, 0.29) is 0 Å². The van der Waals surface area contributed by atoms with Gasteiger partial charge in [0.2, 0.25) is 0 Å². The molecule has 0 bridgehead atoms. The molecule has 0 spiro atoms. The van der Waals surface area contributed by atoms with Crippen LogP contribution < -0.4 is 10.4 Å². The van der Waals surface area contributed by atoms with Crippen molar-refractivity contribution in [1.82, 2.24) is 0 Å². The molecule has 0 unspecified atom stereocenters. The van der Waals surface area contributed by atoms with E-state index < -0.39 is 18.3 Å². The molecular weight excluding hydrogens is 585 g/mol. The molecule has 0 amide bonds. The van der Waals surface area contributed by atoms with Crippen molar-refractivity contribution in [3.8, 4) is 0 Å². The Morgan fingerprint density at radius 1 is 0.312 bits per heavy atom. The van der Waals surface area contributed by atoms with Gasteiger partial charge in [-0.1, -0.05) is 170 Å². The van der Waals surface area contributed by atoms with E-state index in [1.54, 1.807) is 0 Å². The van der Waals surface area contributed by atoms with Gasteiger partial charge in [0.05, 0.1) is 0 Å². The molecule has 1 aliphatic rings. The van der Waals surface area contributed by atoms with Crippen molar-refractivity contribution >= 4 is 29.6 Å². The molecule has 0 aromatic heterocycles. The first-order chi connectivity index (χ1) is 23.8. The van der Waals surface area contributed by atoms with Crippen molar-refractivity contribution in [3.05, 3.63) is 229 Å². The average Bonchev–Trinajstić information content (AvgIpc) is 3.56. The fourth-order valence-electron chi connectivity index (χ4n) is 7.14. The van der Waals surface area contributed by atoms with Crippen LogP contribution in [0.5, 0.6) is 0 Å². The summed E-state index contributed by atoms with van der Waals surface area (Å²) in [5.41, 5.74) is 6.17. The molecule has 1 aliphatic heterocycles. The fourth-order valence-corrected chi connectivity index (χ4v) is 7.14. The van der Waals surface area contributed by atoms with Crippen LogP contribution in [0.15, 0.2) is 206 Å². The lowest BCUT2D eigenvalue weighted by Gasteiger charge is -2.46. The van der Waals surface area contributed by atoms with Crippen molar-refractivity contribution in [1.29, 1.82) is 0 Å². The molecule has 1 heterocycles. The molecular formula is C44H34BNO2. The van der Waals surface area contributed by atoms with E-state index in [2.05, 4.69) is 175 Å². The van der Waals surface area contributed by atoms with Gasteiger partial charge in [-0.2, -0.15) is 0 Å². The van der Waals surface area contributed by atoms with Crippen molar-refractivity contribution in [2.45, 2.75) is 11.2 Å². The first-order valence-electron chi connectivity index (χ1n) is 16.4. The highest BCUT2D eigenvalue weighted by Crippen LogP contribution is 2.58. The third-order valence-corrected chi connectivity index (χ3v) is 9.24. The first kappa shape index (κ1) is 29.7. The lowest BCUT2D eigenvalue weighted by molar-refractivity contribution is 0.00370. The number of rotatable bonds is 8. The van der Waals surface area contributed by atoms with Crippen LogP contribution in [-0.4, -0.2) is 7.12 Å². The molecule has 8 rings (SSSR count). The highest BCUT2D eigenvalue weighted by molar-refractivity contribution is 6.62. The number of benzene rings is 7. The van der Waals surface area contributed by atoms with Gasteiger partial charge >= 0.3 is 7.12 Å². The van der Waals surface area contributed by atoms with Gasteiger partial charge in [0.15, 0.2) is 0 Å². The molecule has 0 N–H and O–H groups in total. The van der Waals surface area contributed by atoms with Gasteiger partial charge < -0.3 is 14.2 Å². The van der Waals surface area contributed by atoms with E-state index in [9.17, 15) is 0 Å². The van der Waals surface area contributed by atoms with Crippen molar-refractivity contribution in [2.24, 2.45) is 0 Å². The van der Waals surface area contributed by atoms with Crippen LogP contribution in [0.25, 0.3) is 0 Å². The SMILES string of the molecule is c1ccc(N(c2ccccc2)c2ccc(B3OC(c4ccccc4)(c4ccccc4)C(c4ccccc4)(c4ccccc4)O3)cc2)cc1. The second kappa shape index (κ2) is 12.8. The zero-order chi connectivity index (χ0) is 32.2. The van der Waals surface area contributed by atoms with Crippen LogP contribution in [0, 0.1) is 0 Å². The Balaban J connectivity index is 1.32. The van der Waals surface area contributed by atoms with Crippen LogP contribution in [0.1, 0.15) is 22.3 Å². The lowest BCUT2D eigenvalue weighted by Crippen LogP contribution is -2.48. The van der Waals surface area contributed by atoms with Gasteiger partial charge in [-0.25, -0.2) is 0 Å². The van der Waals surface area contributed by atoms with E-state index in [0.29, 0.717) is 0 Å². The molecule has 0 aliphatic carbocycles. The van der Waals surface area contributed by atoms with E-state index in [0.717, 1.165) is 44.8 Å². The normalized spacial score (nSPS) is 14.8. The van der Waals surface area contributed by atoms with Crippen LogP contribution in [-0.2, 0) is 20.5 Å². The standard InChI is InChI=1S/C44H34BNO2/c1-7-19-35(20-8-1)43(36-21-9-2-10-22-36)44(37-23-11-3-12-24-37,38-25-13-4-14-26-38)48-45(47-43)39-31-33-42(34-32-39)46(40-27-15-5-16-28-40)41-29-17-6-18-30-41/h1-34H. The van der Waals surface area contributed by atoms with Gasteiger partial charge in [0.1, 0.15) is 11.2 Å². The molecule has 0 atom stereocenters. The quantitative estimate of drug-likeness (QED) is 0.158.